The number of thiol groups is 1. The van der Waals surface area contributed by atoms with Gasteiger partial charge in [0.2, 0.25) is 0 Å². The minimum Gasteiger partial charge on any atom is -0.469 e. The molecule has 0 amide bonds. The number of esters is 2. The summed E-state index contributed by atoms with van der Waals surface area (Å²) in [4.78, 5) is 23.7. The Morgan fingerprint density at radius 2 is 1.60 bits per heavy atom. The Labute approximate surface area is 152 Å². The molecule has 0 spiro atoms. The number of carbonyl (C=O) groups excluding carboxylic acids is 2. The van der Waals surface area contributed by atoms with Crippen LogP contribution in [0.15, 0.2) is 48.5 Å². The third kappa shape index (κ3) is 3.56. The number of methoxy groups -OCH3 is 1. The number of carbonyl (C=O) groups is 2. The van der Waals surface area contributed by atoms with Crippen LogP contribution >= 0.6 is 12.6 Å². The number of hydrogen-bond donors (Lipinski definition) is 1. The molecule has 0 N–H and O–H groups in total. The van der Waals surface area contributed by atoms with E-state index >= 15 is 0 Å². The Morgan fingerprint density at radius 1 is 1.04 bits per heavy atom. The van der Waals surface area contributed by atoms with Gasteiger partial charge in [-0.15, -0.1) is 0 Å². The van der Waals surface area contributed by atoms with Crippen LogP contribution < -0.4 is 0 Å². The van der Waals surface area contributed by atoms with Crippen molar-refractivity contribution in [3.63, 3.8) is 0 Å². The van der Waals surface area contributed by atoms with Crippen molar-refractivity contribution in [2.24, 2.45) is 5.92 Å². The minimum atomic E-state index is -0.580. The number of fused-ring (bicyclic) bond motifs is 3. The smallest absolute Gasteiger partial charge is 0.310 e. The lowest BCUT2D eigenvalue weighted by molar-refractivity contribution is -0.152. The first kappa shape index (κ1) is 17.5. The van der Waals surface area contributed by atoms with E-state index in [1.807, 2.05) is 24.3 Å². The van der Waals surface area contributed by atoms with Crippen molar-refractivity contribution in [1.29, 1.82) is 0 Å². The molecule has 2 aromatic rings. The molecule has 0 saturated heterocycles. The molecule has 4 nitrogen and oxygen atoms in total. The lowest BCUT2D eigenvalue weighted by atomic mass is 9.98. The second kappa shape index (κ2) is 7.74. The van der Waals surface area contributed by atoms with Crippen molar-refractivity contribution in [2.75, 3.05) is 19.5 Å². The van der Waals surface area contributed by atoms with E-state index in [2.05, 4.69) is 41.6 Å². The van der Waals surface area contributed by atoms with Crippen molar-refractivity contribution in [3.8, 4) is 11.1 Å². The molecule has 130 valence electrons. The quantitative estimate of drug-likeness (QED) is 0.636. The zero-order chi connectivity index (χ0) is 17.8. The predicted octanol–water partition coefficient (Wildman–Crippen LogP) is 3.45. The van der Waals surface area contributed by atoms with Crippen molar-refractivity contribution in [1.82, 2.24) is 0 Å². The van der Waals surface area contributed by atoms with Crippen LogP contribution in [0.4, 0.5) is 0 Å². The van der Waals surface area contributed by atoms with E-state index in [1.165, 1.54) is 18.2 Å². The standard InChI is InChI=1S/C20H20O4S/c1-23-20(22)13(12-25)10-19(21)24-11-18-16-8-4-2-6-14(16)15-7-3-5-9-17(15)18/h2-9,13,18,25H,10-12H2,1H3/t13-/m0/s1. The highest BCUT2D eigenvalue weighted by atomic mass is 32.1. The van der Waals surface area contributed by atoms with Gasteiger partial charge in [-0.1, -0.05) is 48.5 Å². The molecular formula is C20H20O4S. The summed E-state index contributed by atoms with van der Waals surface area (Å²) in [6.07, 6.45) is -0.0216. The van der Waals surface area contributed by atoms with Crippen LogP contribution in [-0.2, 0) is 19.1 Å². The summed E-state index contributed by atoms with van der Waals surface area (Å²) in [5, 5.41) is 0. The van der Waals surface area contributed by atoms with Gasteiger partial charge < -0.3 is 9.47 Å². The number of benzene rings is 2. The van der Waals surface area contributed by atoms with Gasteiger partial charge in [-0.3, -0.25) is 9.59 Å². The Hall–Kier alpha value is -2.27. The second-order valence-corrected chi connectivity index (χ2v) is 6.38. The van der Waals surface area contributed by atoms with Crippen LogP contribution in [0.5, 0.6) is 0 Å². The van der Waals surface area contributed by atoms with Crippen LogP contribution in [0.3, 0.4) is 0 Å². The molecule has 1 aliphatic rings. The van der Waals surface area contributed by atoms with Gasteiger partial charge in [0.1, 0.15) is 6.61 Å². The molecule has 0 aliphatic heterocycles. The number of rotatable bonds is 6. The zero-order valence-corrected chi connectivity index (χ0v) is 14.9. The molecule has 3 rings (SSSR count). The first-order chi connectivity index (χ1) is 12.2. The average Bonchev–Trinajstić information content (AvgIpc) is 2.98. The molecule has 5 heteroatoms. The Morgan fingerprint density at radius 3 is 2.12 bits per heavy atom. The van der Waals surface area contributed by atoms with Gasteiger partial charge >= 0.3 is 11.9 Å². The lowest BCUT2D eigenvalue weighted by Crippen LogP contribution is -2.23. The average molecular weight is 356 g/mol. The fourth-order valence-electron chi connectivity index (χ4n) is 3.26. The first-order valence-electron chi connectivity index (χ1n) is 8.18. The van der Waals surface area contributed by atoms with Crippen molar-refractivity contribution >= 4 is 24.6 Å². The zero-order valence-electron chi connectivity index (χ0n) is 14.0. The fourth-order valence-corrected chi connectivity index (χ4v) is 3.54. The van der Waals surface area contributed by atoms with Gasteiger partial charge in [-0.05, 0) is 22.3 Å². The fraction of sp³-hybridized carbons (Fsp3) is 0.300. The van der Waals surface area contributed by atoms with E-state index in [1.54, 1.807) is 0 Å². The molecule has 0 radical (unpaired) electrons. The maximum atomic E-state index is 12.1. The Balaban J connectivity index is 1.71. The molecular weight excluding hydrogens is 336 g/mol. The summed E-state index contributed by atoms with van der Waals surface area (Å²) < 4.78 is 10.2. The third-order valence-electron chi connectivity index (χ3n) is 4.54. The Bertz CT molecular complexity index is 741. The summed E-state index contributed by atoms with van der Waals surface area (Å²) in [7, 11) is 1.30. The lowest BCUT2D eigenvalue weighted by Gasteiger charge is -2.16. The molecule has 1 atom stereocenters. The molecule has 0 bridgehead atoms. The molecule has 1 aliphatic carbocycles. The summed E-state index contributed by atoms with van der Waals surface area (Å²) >= 11 is 4.10. The minimum absolute atomic E-state index is 0.0175. The first-order valence-corrected chi connectivity index (χ1v) is 8.81. The maximum absolute atomic E-state index is 12.1. The van der Waals surface area contributed by atoms with E-state index in [0.29, 0.717) is 0 Å². The largest absolute Gasteiger partial charge is 0.469 e. The molecule has 25 heavy (non-hydrogen) atoms. The topological polar surface area (TPSA) is 52.6 Å². The molecule has 0 heterocycles. The maximum Gasteiger partial charge on any atom is 0.310 e. The van der Waals surface area contributed by atoms with E-state index in [9.17, 15) is 9.59 Å². The van der Waals surface area contributed by atoms with Gasteiger partial charge in [0.25, 0.3) is 0 Å². The monoisotopic (exact) mass is 356 g/mol. The van der Waals surface area contributed by atoms with E-state index in [-0.39, 0.29) is 24.7 Å². The SMILES string of the molecule is COC(=O)[C@H](CS)CC(=O)OCC1c2ccccc2-c2ccccc21. The second-order valence-electron chi connectivity index (χ2n) is 6.02. The van der Waals surface area contributed by atoms with Gasteiger partial charge in [0.05, 0.1) is 19.4 Å². The van der Waals surface area contributed by atoms with Gasteiger partial charge in [0, 0.05) is 11.7 Å². The summed E-state index contributed by atoms with van der Waals surface area (Å²) in [6, 6.07) is 16.3. The molecule has 0 fully saturated rings. The molecule has 0 unspecified atom stereocenters. The van der Waals surface area contributed by atoms with Gasteiger partial charge in [0.15, 0.2) is 0 Å². The van der Waals surface area contributed by atoms with E-state index in [0.717, 1.165) is 11.1 Å². The highest BCUT2D eigenvalue weighted by Gasteiger charge is 2.29. The summed E-state index contributed by atoms with van der Waals surface area (Å²) in [5.41, 5.74) is 4.69. The molecule has 0 aromatic heterocycles. The number of hydrogen-bond acceptors (Lipinski definition) is 5. The van der Waals surface area contributed by atoms with Crippen molar-refractivity contribution in [2.45, 2.75) is 12.3 Å². The van der Waals surface area contributed by atoms with Crippen LogP contribution in [0.25, 0.3) is 11.1 Å². The van der Waals surface area contributed by atoms with Crippen LogP contribution in [0.2, 0.25) is 0 Å². The van der Waals surface area contributed by atoms with Gasteiger partial charge in [-0.2, -0.15) is 12.6 Å². The Kier molecular flexibility index (Phi) is 5.43. The van der Waals surface area contributed by atoms with Crippen molar-refractivity contribution in [3.05, 3.63) is 59.7 Å². The molecule has 0 saturated carbocycles. The molecule has 2 aromatic carbocycles. The number of ether oxygens (including phenoxy) is 2. The summed E-state index contributed by atoms with van der Waals surface area (Å²) in [5.74, 6) is -1.17. The van der Waals surface area contributed by atoms with Gasteiger partial charge in [-0.25, -0.2) is 0 Å². The highest BCUT2D eigenvalue weighted by Crippen LogP contribution is 2.44. The van der Waals surface area contributed by atoms with Crippen LogP contribution in [-0.4, -0.2) is 31.4 Å². The summed E-state index contributed by atoms with van der Waals surface area (Å²) in [6.45, 7) is 0.257. The van der Waals surface area contributed by atoms with E-state index < -0.39 is 17.9 Å². The predicted molar refractivity (Wildman–Crippen MR) is 98.7 cm³/mol. The highest BCUT2D eigenvalue weighted by molar-refractivity contribution is 7.80. The van der Waals surface area contributed by atoms with E-state index in [4.69, 9.17) is 4.74 Å². The third-order valence-corrected chi connectivity index (χ3v) is 4.98. The van der Waals surface area contributed by atoms with Crippen LogP contribution in [0.1, 0.15) is 23.5 Å². The van der Waals surface area contributed by atoms with Crippen LogP contribution in [0, 0.1) is 5.92 Å². The normalized spacial score (nSPS) is 13.7. The van der Waals surface area contributed by atoms with Crippen molar-refractivity contribution < 1.29 is 19.1 Å².